The summed E-state index contributed by atoms with van der Waals surface area (Å²) in [6.07, 6.45) is -3.77. The molecule has 0 aliphatic heterocycles. The molecule has 0 unspecified atom stereocenters. The topological polar surface area (TPSA) is 43.4 Å². The second-order valence-electron chi connectivity index (χ2n) is 4.16. The van der Waals surface area contributed by atoms with Crippen LogP contribution in [0.5, 0.6) is 5.75 Å². The molecule has 21 heavy (non-hydrogen) atoms. The van der Waals surface area contributed by atoms with E-state index in [1.165, 1.54) is 0 Å². The highest BCUT2D eigenvalue weighted by Crippen LogP contribution is 2.41. The van der Waals surface area contributed by atoms with Crippen molar-refractivity contribution in [3.05, 3.63) is 23.0 Å². The van der Waals surface area contributed by atoms with E-state index in [0.29, 0.717) is 0 Å². The standard InChI is InChI=1S/C11H10F6O3S/c1-4(2)21(18,19)10-5(11(16)17)6(13)7(14)8(15)9(10)20-3-12/h4,11H,3H2,1-2H3. The van der Waals surface area contributed by atoms with E-state index in [2.05, 4.69) is 4.74 Å². The maximum atomic E-state index is 13.5. The summed E-state index contributed by atoms with van der Waals surface area (Å²) in [6.45, 7) is 0.275. The van der Waals surface area contributed by atoms with Gasteiger partial charge in [0, 0.05) is 0 Å². The van der Waals surface area contributed by atoms with Crippen LogP contribution in [0.4, 0.5) is 26.3 Å². The molecule has 1 rings (SSSR count). The zero-order chi connectivity index (χ0) is 16.5. The Morgan fingerprint density at radius 2 is 1.57 bits per heavy atom. The fourth-order valence-corrected chi connectivity index (χ4v) is 2.90. The van der Waals surface area contributed by atoms with Gasteiger partial charge in [-0.3, -0.25) is 0 Å². The molecule has 120 valence electrons. The van der Waals surface area contributed by atoms with Crippen LogP contribution in [0, 0.1) is 17.5 Å². The van der Waals surface area contributed by atoms with Crippen molar-refractivity contribution >= 4 is 9.84 Å². The number of hydrogen-bond acceptors (Lipinski definition) is 3. The minimum Gasteiger partial charge on any atom is -0.458 e. The lowest BCUT2D eigenvalue weighted by Gasteiger charge is -2.18. The average molecular weight is 336 g/mol. The summed E-state index contributed by atoms with van der Waals surface area (Å²) < 4.78 is 106. The van der Waals surface area contributed by atoms with Crippen LogP contribution in [0.1, 0.15) is 25.8 Å². The van der Waals surface area contributed by atoms with Gasteiger partial charge in [-0.05, 0) is 13.8 Å². The zero-order valence-corrected chi connectivity index (χ0v) is 11.6. The van der Waals surface area contributed by atoms with Crippen LogP contribution in [0.2, 0.25) is 0 Å². The monoisotopic (exact) mass is 336 g/mol. The summed E-state index contributed by atoms with van der Waals surface area (Å²) in [7, 11) is -4.69. The van der Waals surface area contributed by atoms with E-state index >= 15 is 0 Å². The van der Waals surface area contributed by atoms with Crippen LogP contribution in [0.3, 0.4) is 0 Å². The highest BCUT2D eigenvalue weighted by atomic mass is 32.2. The van der Waals surface area contributed by atoms with Crippen LogP contribution in [-0.4, -0.2) is 20.5 Å². The molecule has 0 bridgehead atoms. The molecule has 0 aromatic heterocycles. The van der Waals surface area contributed by atoms with Gasteiger partial charge in [-0.25, -0.2) is 30.4 Å². The summed E-state index contributed by atoms with van der Waals surface area (Å²) in [5, 5.41) is -1.37. The van der Waals surface area contributed by atoms with E-state index in [-0.39, 0.29) is 0 Å². The van der Waals surface area contributed by atoms with Crippen molar-refractivity contribution in [3.8, 4) is 5.75 Å². The molecule has 0 radical (unpaired) electrons. The Kier molecular flexibility index (Phi) is 5.13. The Bertz CT molecular complexity index is 642. The van der Waals surface area contributed by atoms with Crippen molar-refractivity contribution in [3.63, 3.8) is 0 Å². The Morgan fingerprint density at radius 1 is 1.05 bits per heavy atom. The van der Waals surface area contributed by atoms with Crippen LogP contribution in [-0.2, 0) is 9.84 Å². The van der Waals surface area contributed by atoms with Crippen LogP contribution in [0.15, 0.2) is 4.90 Å². The minimum atomic E-state index is -4.69. The van der Waals surface area contributed by atoms with E-state index < -0.39 is 62.0 Å². The Morgan fingerprint density at radius 3 is 1.95 bits per heavy atom. The smallest absolute Gasteiger partial charge is 0.268 e. The highest BCUT2D eigenvalue weighted by molar-refractivity contribution is 7.92. The highest BCUT2D eigenvalue weighted by Gasteiger charge is 2.38. The summed E-state index contributed by atoms with van der Waals surface area (Å²) >= 11 is 0. The number of sulfone groups is 1. The predicted octanol–water partition coefficient (Wildman–Crippen LogP) is 3.53. The van der Waals surface area contributed by atoms with Crippen molar-refractivity contribution in [2.24, 2.45) is 0 Å². The van der Waals surface area contributed by atoms with Crippen molar-refractivity contribution in [1.82, 2.24) is 0 Å². The Hall–Kier alpha value is -1.45. The molecule has 0 fully saturated rings. The fourth-order valence-electron chi connectivity index (χ4n) is 1.53. The van der Waals surface area contributed by atoms with Gasteiger partial charge in [0.05, 0.1) is 10.8 Å². The first-order chi connectivity index (χ1) is 9.57. The van der Waals surface area contributed by atoms with Gasteiger partial charge in [-0.2, -0.15) is 4.39 Å². The molecule has 10 heteroatoms. The molecular weight excluding hydrogens is 326 g/mol. The number of hydrogen-bond donors (Lipinski definition) is 0. The molecular formula is C11H10F6O3S. The SMILES string of the molecule is CC(C)S(=O)(=O)c1c(OCF)c(F)c(F)c(F)c1C(F)F. The third-order valence-electron chi connectivity index (χ3n) is 2.59. The lowest BCUT2D eigenvalue weighted by molar-refractivity contribution is 0.134. The molecule has 0 saturated heterocycles. The van der Waals surface area contributed by atoms with Gasteiger partial charge in [-0.15, -0.1) is 0 Å². The second kappa shape index (κ2) is 6.12. The number of alkyl halides is 3. The minimum absolute atomic E-state index is 1.04. The van der Waals surface area contributed by atoms with Gasteiger partial charge >= 0.3 is 0 Å². The van der Waals surface area contributed by atoms with Gasteiger partial charge in [0.2, 0.25) is 12.7 Å². The Labute approximate surface area is 116 Å². The first-order valence-electron chi connectivity index (χ1n) is 5.48. The molecule has 0 spiro atoms. The molecule has 1 aromatic rings. The van der Waals surface area contributed by atoms with E-state index in [9.17, 15) is 34.8 Å². The maximum absolute atomic E-state index is 13.5. The second-order valence-corrected chi connectivity index (χ2v) is 6.60. The fraction of sp³-hybridized carbons (Fsp3) is 0.455. The quantitative estimate of drug-likeness (QED) is 0.469. The van der Waals surface area contributed by atoms with E-state index in [4.69, 9.17) is 0 Å². The molecule has 0 saturated carbocycles. The van der Waals surface area contributed by atoms with Crippen molar-refractivity contribution in [1.29, 1.82) is 0 Å². The summed E-state index contributed by atoms with van der Waals surface area (Å²) in [4.78, 5) is -1.58. The van der Waals surface area contributed by atoms with Crippen LogP contribution >= 0.6 is 0 Å². The molecule has 0 N–H and O–H groups in total. The van der Waals surface area contributed by atoms with Gasteiger partial charge < -0.3 is 4.74 Å². The van der Waals surface area contributed by atoms with Crippen LogP contribution < -0.4 is 4.74 Å². The molecule has 0 heterocycles. The summed E-state index contributed by atoms with van der Waals surface area (Å²) in [5.41, 5.74) is -1.88. The Balaban J connectivity index is 3.97. The number of rotatable bonds is 5. The third kappa shape index (κ3) is 2.94. The summed E-state index contributed by atoms with van der Waals surface area (Å²) in [6, 6.07) is 0. The number of ether oxygens (including phenoxy) is 1. The van der Waals surface area contributed by atoms with Gasteiger partial charge in [-0.1, -0.05) is 0 Å². The first-order valence-corrected chi connectivity index (χ1v) is 7.03. The average Bonchev–Trinajstić information content (AvgIpc) is 2.38. The van der Waals surface area contributed by atoms with E-state index in [1.807, 2.05) is 0 Å². The van der Waals surface area contributed by atoms with Gasteiger partial charge in [0.25, 0.3) is 6.43 Å². The molecule has 1 aromatic carbocycles. The van der Waals surface area contributed by atoms with Crippen molar-refractivity contribution < 1.29 is 39.5 Å². The zero-order valence-electron chi connectivity index (χ0n) is 10.8. The number of halogens is 6. The van der Waals surface area contributed by atoms with Crippen molar-refractivity contribution in [2.45, 2.75) is 30.4 Å². The third-order valence-corrected chi connectivity index (χ3v) is 4.81. The first kappa shape index (κ1) is 17.6. The van der Waals surface area contributed by atoms with E-state index in [1.54, 1.807) is 0 Å². The number of benzene rings is 1. The predicted molar refractivity (Wildman–Crippen MR) is 60.2 cm³/mol. The van der Waals surface area contributed by atoms with Crippen LogP contribution in [0.25, 0.3) is 0 Å². The molecule has 0 atom stereocenters. The normalized spacial score (nSPS) is 12.3. The summed E-state index contributed by atoms with van der Waals surface area (Å²) in [5.74, 6) is -8.50. The van der Waals surface area contributed by atoms with E-state index in [0.717, 1.165) is 13.8 Å². The molecule has 0 aliphatic carbocycles. The lowest BCUT2D eigenvalue weighted by Crippen LogP contribution is -2.20. The lowest BCUT2D eigenvalue weighted by atomic mass is 10.2. The molecule has 0 amide bonds. The maximum Gasteiger partial charge on any atom is 0.268 e. The van der Waals surface area contributed by atoms with Crippen molar-refractivity contribution in [2.75, 3.05) is 6.86 Å². The molecule has 3 nitrogen and oxygen atoms in total. The molecule has 0 aliphatic rings. The largest absolute Gasteiger partial charge is 0.458 e. The van der Waals surface area contributed by atoms with Gasteiger partial charge in [0.1, 0.15) is 4.90 Å². The van der Waals surface area contributed by atoms with Gasteiger partial charge in [0.15, 0.2) is 27.2 Å².